The standard InChI is InChI=1S/C20H27N3O3/c1-20(2,16-8-10-18(26-4)11-9-16)22-19(24)23(13-14-25-3)15-17-7-5-6-12-21-17/h5-12H,13-15H2,1-4H3,(H,22,24). The van der Waals surface area contributed by atoms with E-state index in [9.17, 15) is 4.79 Å². The molecule has 2 amide bonds. The predicted molar refractivity (Wildman–Crippen MR) is 101 cm³/mol. The second-order valence-corrected chi connectivity index (χ2v) is 6.52. The highest BCUT2D eigenvalue weighted by Gasteiger charge is 2.26. The molecule has 2 rings (SSSR count). The summed E-state index contributed by atoms with van der Waals surface area (Å²) in [6.45, 7) is 5.32. The number of rotatable bonds is 8. The summed E-state index contributed by atoms with van der Waals surface area (Å²) in [5.41, 5.74) is 1.30. The third-order valence-corrected chi connectivity index (χ3v) is 4.16. The predicted octanol–water partition coefficient (Wildman–Crippen LogP) is 3.18. The first-order valence-electron chi connectivity index (χ1n) is 8.56. The van der Waals surface area contributed by atoms with Gasteiger partial charge in [-0.2, -0.15) is 0 Å². The number of aromatic nitrogens is 1. The zero-order valence-electron chi connectivity index (χ0n) is 15.9. The van der Waals surface area contributed by atoms with Crippen LogP contribution >= 0.6 is 0 Å². The Morgan fingerprint density at radius 3 is 2.46 bits per heavy atom. The van der Waals surface area contributed by atoms with E-state index in [1.54, 1.807) is 25.3 Å². The van der Waals surface area contributed by atoms with Crippen LogP contribution in [0.15, 0.2) is 48.7 Å². The van der Waals surface area contributed by atoms with E-state index in [1.807, 2.05) is 56.3 Å². The molecule has 0 fully saturated rings. The van der Waals surface area contributed by atoms with Gasteiger partial charge in [0.1, 0.15) is 5.75 Å². The Morgan fingerprint density at radius 1 is 1.15 bits per heavy atom. The number of amides is 2. The van der Waals surface area contributed by atoms with E-state index >= 15 is 0 Å². The van der Waals surface area contributed by atoms with E-state index in [0.29, 0.717) is 19.7 Å². The molecule has 0 aliphatic rings. The van der Waals surface area contributed by atoms with E-state index in [4.69, 9.17) is 9.47 Å². The van der Waals surface area contributed by atoms with Crippen LogP contribution in [0.4, 0.5) is 4.79 Å². The van der Waals surface area contributed by atoms with Crippen molar-refractivity contribution < 1.29 is 14.3 Å². The van der Waals surface area contributed by atoms with Gasteiger partial charge in [-0.1, -0.05) is 18.2 Å². The zero-order chi connectivity index (χ0) is 19.0. The molecule has 0 atom stereocenters. The minimum Gasteiger partial charge on any atom is -0.497 e. The quantitative estimate of drug-likeness (QED) is 0.788. The van der Waals surface area contributed by atoms with E-state index in [0.717, 1.165) is 17.0 Å². The molecule has 26 heavy (non-hydrogen) atoms. The second-order valence-electron chi connectivity index (χ2n) is 6.52. The molecule has 0 unspecified atom stereocenters. The summed E-state index contributed by atoms with van der Waals surface area (Å²) in [5, 5.41) is 3.10. The molecule has 0 aliphatic carbocycles. The van der Waals surface area contributed by atoms with Crippen molar-refractivity contribution in [2.24, 2.45) is 0 Å². The van der Waals surface area contributed by atoms with Crippen molar-refractivity contribution >= 4 is 6.03 Å². The highest BCUT2D eigenvalue weighted by molar-refractivity contribution is 5.75. The van der Waals surface area contributed by atoms with Crippen LogP contribution in [0.5, 0.6) is 5.75 Å². The number of urea groups is 1. The molecule has 0 bridgehead atoms. The third kappa shape index (κ3) is 5.46. The molecule has 0 saturated heterocycles. The van der Waals surface area contributed by atoms with Gasteiger partial charge in [-0.05, 0) is 43.7 Å². The average Bonchev–Trinajstić information content (AvgIpc) is 2.65. The third-order valence-electron chi connectivity index (χ3n) is 4.16. The minimum absolute atomic E-state index is 0.159. The fourth-order valence-electron chi connectivity index (χ4n) is 2.57. The van der Waals surface area contributed by atoms with E-state index in [2.05, 4.69) is 10.3 Å². The maximum Gasteiger partial charge on any atom is 0.318 e. The molecular weight excluding hydrogens is 330 g/mol. The number of carbonyl (C=O) groups excluding carboxylic acids is 1. The molecule has 6 nitrogen and oxygen atoms in total. The Kier molecular flexibility index (Phi) is 6.97. The molecule has 1 N–H and O–H groups in total. The van der Waals surface area contributed by atoms with Gasteiger partial charge in [0.25, 0.3) is 0 Å². The van der Waals surface area contributed by atoms with Gasteiger partial charge in [0.05, 0.1) is 31.5 Å². The topological polar surface area (TPSA) is 63.7 Å². The Labute approximate surface area is 155 Å². The van der Waals surface area contributed by atoms with Crippen LogP contribution in [0.25, 0.3) is 0 Å². The van der Waals surface area contributed by atoms with E-state index in [-0.39, 0.29) is 6.03 Å². The lowest BCUT2D eigenvalue weighted by Gasteiger charge is -2.31. The highest BCUT2D eigenvalue weighted by atomic mass is 16.5. The van der Waals surface area contributed by atoms with Crippen molar-refractivity contribution in [3.63, 3.8) is 0 Å². The maximum absolute atomic E-state index is 12.9. The molecule has 2 aromatic rings. The lowest BCUT2D eigenvalue weighted by atomic mass is 9.94. The van der Waals surface area contributed by atoms with E-state index < -0.39 is 5.54 Å². The number of nitrogens with one attached hydrogen (secondary N) is 1. The van der Waals surface area contributed by atoms with Gasteiger partial charge in [-0.25, -0.2) is 4.79 Å². The number of nitrogens with zero attached hydrogens (tertiary/aromatic N) is 2. The van der Waals surface area contributed by atoms with Crippen LogP contribution in [0.2, 0.25) is 0 Å². The van der Waals surface area contributed by atoms with Crippen molar-refractivity contribution in [2.45, 2.75) is 25.9 Å². The largest absolute Gasteiger partial charge is 0.497 e. The summed E-state index contributed by atoms with van der Waals surface area (Å²) < 4.78 is 10.3. The van der Waals surface area contributed by atoms with Gasteiger partial charge < -0.3 is 19.7 Å². The average molecular weight is 357 g/mol. The second kappa shape index (κ2) is 9.20. The number of carbonyl (C=O) groups is 1. The molecule has 1 heterocycles. The fourth-order valence-corrected chi connectivity index (χ4v) is 2.57. The number of methoxy groups -OCH3 is 2. The summed E-state index contributed by atoms with van der Waals surface area (Å²) in [4.78, 5) is 18.9. The van der Waals surface area contributed by atoms with Crippen LogP contribution in [-0.2, 0) is 16.8 Å². The van der Waals surface area contributed by atoms with Crippen molar-refractivity contribution in [2.75, 3.05) is 27.4 Å². The lowest BCUT2D eigenvalue weighted by Crippen LogP contribution is -2.49. The van der Waals surface area contributed by atoms with Crippen molar-refractivity contribution in [1.29, 1.82) is 0 Å². The van der Waals surface area contributed by atoms with Gasteiger partial charge in [-0.15, -0.1) is 0 Å². The summed E-state index contributed by atoms with van der Waals surface area (Å²) in [6, 6.07) is 13.2. The number of benzene rings is 1. The summed E-state index contributed by atoms with van der Waals surface area (Å²) in [6.07, 6.45) is 1.73. The molecule has 1 aromatic heterocycles. The van der Waals surface area contributed by atoms with Gasteiger partial charge in [0.2, 0.25) is 0 Å². The van der Waals surface area contributed by atoms with E-state index in [1.165, 1.54) is 0 Å². The first kappa shape index (κ1) is 19.7. The molecule has 1 aromatic carbocycles. The van der Waals surface area contributed by atoms with Crippen molar-refractivity contribution in [3.05, 3.63) is 59.9 Å². The van der Waals surface area contributed by atoms with Crippen LogP contribution in [-0.4, -0.2) is 43.3 Å². The van der Waals surface area contributed by atoms with Gasteiger partial charge >= 0.3 is 6.03 Å². The highest BCUT2D eigenvalue weighted by Crippen LogP contribution is 2.23. The van der Waals surface area contributed by atoms with Crippen LogP contribution < -0.4 is 10.1 Å². The SMILES string of the molecule is COCCN(Cc1ccccn1)C(=O)NC(C)(C)c1ccc(OC)cc1. The molecule has 0 saturated carbocycles. The Hall–Kier alpha value is -2.60. The molecule has 6 heteroatoms. The summed E-state index contributed by atoms with van der Waals surface area (Å²) >= 11 is 0. The monoisotopic (exact) mass is 357 g/mol. The van der Waals surface area contributed by atoms with Crippen LogP contribution in [0.3, 0.4) is 0 Å². The number of hydrogen-bond donors (Lipinski definition) is 1. The summed E-state index contributed by atoms with van der Waals surface area (Å²) in [7, 11) is 3.26. The van der Waals surface area contributed by atoms with Crippen molar-refractivity contribution in [1.82, 2.24) is 15.2 Å². The number of hydrogen-bond acceptors (Lipinski definition) is 4. The molecule has 0 radical (unpaired) electrons. The van der Waals surface area contributed by atoms with Crippen LogP contribution in [0, 0.1) is 0 Å². The van der Waals surface area contributed by atoms with Crippen LogP contribution in [0.1, 0.15) is 25.1 Å². The number of ether oxygens (including phenoxy) is 2. The Morgan fingerprint density at radius 2 is 1.88 bits per heavy atom. The molecule has 140 valence electrons. The number of pyridine rings is 1. The fraction of sp³-hybridized carbons (Fsp3) is 0.400. The van der Waals surface area contributed by atoms with Gasteiger partial charge in [-0.3, -0.25) is 4.98 Å². The molecular formula is C20H27N3O3. The van der Waals surface area contributed by atoms with Crippen molar-refractivity contribution in [3.8, 4) is 5.75 Å². The summed E-state index contributed by atoms with van der Waals surface area (Å²) in [5.74, 6) is 0.785. The Bertz CT molecular complexity index is 687. The van der Waals surface area contributed by atoms with Gasteiger partial charge in [0, 0.05) is 19.9 Å². The first-order valence-corrected chi connectivity index (χ1v) is 8.56. The zero-order valence-corrected chi connectivity index (χ0v) is 15.9. The van der Waals surface area contributed by atoms with Gasteiger partial charge in [0.15, 0.2) is 0 Å². The lowest BCUT2D eigenvalue weighted by molar-refractivity contribution is 0.141. The Balaban J connectivity index is 2.10. The normalized spacial score (nSPS) is 11.1. The first-order chi connectivity index (χ1) is 12.5. The molecule has 0 spiro atoms. The maximum atomic E-state index is 12.9. The molecule has 0 aliphatic heterocycles. The minimum atomic E-state index is -0.529. The smallest absolute Gasteiger partial charge is 0.318 e.